The first kappa shape index (κ1) is 23.3. The number of nitrogens with two attached hydrogens (primary N) is 1. The maximum atomic E-state index is 9.36. The zero-order chi connectivity index (χ0) is 23.1. The molecular weight excluding hydrogens is 434 g/mol. The third-order valence-corrected chi connectivity index (χ3v) is 6.66. The molecule has 0 bridgehead atoms. The summed E-state index contributed by atoms with van der Waals surface area (Å²) in [5.41, 5.74) is 7.43. The van der Waals surface area contributed by atoms with Crippen LogP contribution in [-0.4, -0.2) is 29.0 Å². The molecule has 0 atom stereocenters. The highest BCUT2D eigenvalue weighted by atomic mass is 32.1. The van der Waals surface area contributed by atoms with Crippen LogP contribution < -0.4 is 15.2 Å². The topological polar surface area (TPSA) is 84.9 Å². The SMILES string of the molecule is NC(CO)(CO)CCCc1csc2cc(Oc3cccc(OCc4ccccc4)c3)ccc12. The van der Waals surface area contributed by atoms with Crippen molar-refractivity contribution in [3.05, 3.63) is 89.3 Å². The summed E-state index contributed by atoms with van der Waals surface area (Å²) in [7, 11) is 0. The Bertz CT molecular complexity index is 1170. The van der Waals surface area contributed by atoms with Gasteiger partial charge in [-0.3, -0.25) is 0 Å². The Balaban J connectivity index is 1.38. The van der Waals surface area contributed by atoms with Gasteiger partial charge in [-0.2, -0.15) is 0 Å². The van der Waals surface area contributed by atoms with Crippen LogP contribution in [-0.2, 0) is 13.0 Å². The zero-order valence-corrected chi connectivity index (χ0v) is 19.3. The number of hydrogen-bond donors (Lipinski definition) is 3. The van der Waals surface area contributed by atoms with Crippen LogP contribution in [0.2, 0.25) is 0 Å². The van der Waals surface area contributed by atoms with Crippen LogP contribution in [0.15, 0.2) is 78.2 Å². The molecule has 1 aromatic heterocycles. The molecule has 0 amide bonds. The van der Waals surface area contributed by atoms with E-state index in [1.807, 2.05) is 60.7 Å². The first-order valence-electron chi connectivity index (χ1n) is 11.0. The Hall–Kier alpha value is -2.90. The number of benzene rings is 3. The van der Waals surface area contributed by atoms with E-state index in [1.54, 1.807) is 11.3 Å². The summed E-state index contributed by atoms with van der Waals surface area (Å²) in [4.78, 5) is 0. The van der Waals surface area contributed by atoms with Gasteiger partial charge < -0.3 is 25.4 Å². The van der Waals surface area contributed by atoms with Crippen LogP contribution in [0.25, 0.3) is 10.1 Å². The Morgan fingerprint density at radius 3 is 2.39 bits per heavy atom. The molecule has 4 rings (SSSR count). The fraction of sp³-hybridized carbons (Fsp3) is 0.259. The minimum Gasteiger partial charge on any atom is -0.489 e. The van der Waals surface area contributed by atoms with Crippen molar-refractivity contribution in [3.63, 3.8) is 0 Å². The lowest BCUT2D eigenvalue weighted by Crippen LogP contribution is -2.47. The standard InChI is InChI=1S/C27H29NO4S/c28-27(18-29,19-30)13-5-8-21-17-33-26-15-24(11-12-25(21)26)32-23-10-4-9-22(14-23)31-16-20-6-2-1-3-7-20/h1-4,6-7,9-12,14-15,17,29-30H,5,8,13,16,18-19,28H2. The maximum Gasteiger partial charge on any atom is 0.131 e. The fourth-order valence-corrected chi connectivity index (χ4v) is 4.69. The van der Waals surface area contributed by atoms with Gasteiger partial charge in [0.2, 0.25) is 0 Å². The molecule has 172 valence electrons. The Labute approximate surface area is 198 Å². The van der Waals surface area contributed by atoms with Gasteiger partial charge in [0.15, 0.2) is 0 Å². The molecule has 0 unspecified atom stereocenters. The van der Waals surface area contributed by atoms with E-state index in [4.69, 9.17) is 15.2 Å². The Morgan fingerprint density at radius 2 is 1.61 bits per heavy atom. The molecule has 4 N–H and O–H groups in total. The number of aliphatic hydroxyl groups excluding tert-OH is 2. The summed E-state index contributed by atoms with van der Waals surface area (Å²) in [5, 5.41) is 22.1. The van der Waals surface area contributed by atoms with Gasteiger partial charge in [0.05, 0.1) is 18.8 Å². The second kappa shape index (κ2) is 10.8. The summed E-state index contributed by atoms with van der Waals surface area (Å²) < 4.78 is 13.2. The average molecular weight is 464 g/mol. The largest absolute Gasteiger partial charge is 0.489 e. The number of thiophene rings is 1. The molecule has 5 nitrogen and oxygen atoms in total. The van der Waals surface area contributed by atoms with Crippen molar-refractivity contribution in [2.45, 2.75) is 31.4 Å². The maximum absolute atomic E-state index is 9.36. The molecule has 0 aliphatic rings. The molecule has 0 aliphatic carbocycles. The minimum absolute atomic E-state index is 0.215. The minimum atomic E-state index is -0.911. The highest BCUT2D eigenvalue weighted by molar-refractivity contribution is 7.17. The van der Waals surface area contributed by atoms with Gasteiger partial charge >= 0.3 is 0 Å². The fourth-order valence-electron chi connectivity index (χ4n) is 3.66. The third-order valence-electron chi connectivity index (χ3n) is 5.67. The molecule has 0 spiro atoms. The van der Waals surface area contributed by atoms with Crippen LogP contribution >= 0.6 is 11.3 Å². The summed E-state index contributed by atoms with van der Waals surface area (Å²) in [6.45, 7) is 0.0796. The second-order valence-corrected chi connectivity index (χ2v) is 9.21. The van der Waals surface area contributed by atoms with E-state index in [0.29, 0.717) is 13.0 Å². The Kier molecular flexibility index (Phi) is 7.62. The monoisotopic (exact) mass is 463 g/mol. The van der Waals surface area contributed by atoms with E-state index >= 15 is 0 Å². The van der Waals surface area contributed by atoms with Gasteiger partial charge in [0.1, 0.15) is 23.9 Å². The first-order valence-corrected chi connectivity index (χ1v) is 11.9. The number of aryl methyl sites for hydroxylation is 1. The third kappa shape index (κ3) is 6.12. The predicted molar refractivity (Wildman–Crippen MR) is 133 cm³/mol. The molecule has 4 aromatic rings. The van der Waals surface area contributed by atoms with Crippen molar-refractivity contribution < 1.29 is 19.7 Å². The molecule has 0 aliphatic heterocycles. The lowest BCUT2D eigenvalue weighted by molar-refractivity contribution is 0.113. The smallest absolute Gasteiger partial charge is 0.131 e. The highest BCUT2D eigenvalue weighted by Crippen LogP contribution is 2.33. The van der Waals surface area contributed by atoms with Gasteiger partial charge in [0.25, 0.3) is 0 Å². The van der Waals surface area contributed by atoms with E-state index in [2.05, 4.69) is 17.5 Å². The van der Waals surface area contributed by atoms with Crippen LogP contribution in [0.3, 0.4) is 0 Å². The van der Waals surface area contributed by atoms with Gasteiger partial charge in [0, 0.05) is 10.8 Å². The number of aliphatic hydroxyl groups is 2. The summed E-state index contributed by atoms with van der Waals surface area (Å²) in [6, 6.07) is 23.8. The van der Waals surface area contributed by atoms with Crippen molar-refractivity contribution in [3.8, 4) is 17.2 Å². The normalized spacial score (nSPS) is 11.6. The van der Waals surface area contributed by atoms with Gasteiger partial charge in [-0.1, -0.05) is 36.4 Å². The summed E-state index contributed by atoms with van der Waals surface area (Å²) in [6.07, 6.45) is 2.22. The molecule has 0 saturated heterocycles. The highest BCUT2D eigenvalue weighted by Gasteiger charge is 2.22. The lowest BCUT2D eigenvalue weighted by Gasteiger charge is -2.24. The summed E-state index contributed by atoms with van der Waals surface area (Å²) >= 11 is 1.68. The van der Waals surface area contributed by atoms with Crippen molar-refractivity contribution >= 4 is 21.4 Å². The number of rotatable bonds is 11. The molecule has 0 fully saturated rings. The quantitative estimate of drug-likeness (QED) is 0.282. The molecule has 3 aromatic carbocycles. The van der Waals surface area contributed by atoms with Crippen LogP contribution in [0, 0.1) is 0 Å². The molecular formula is C27H29NO4S. The number of hydrogen-bond acceptors (Lipinski definition) is 6. The van der Waals surface area contributed by atoms with E-state index in [1.165, 1.54) is 10.9 Å². The zero-order valence-electron chi connectivity index (χ0n) is 18.4. The van der Waals surface area contributed by atoms with Gasteiger partial charge in [-0.25, -0.2) is 0 Å². The molecule has 0 saturated carbocycles. The summed E-state index contributed by atoms with van der Waals surface area (Å²) in [5.74, 6) is 2.26. The van der Waals surface area contributed by atoms with Crippen molar-refractivity contribution in [2.75, 3.05) is 13.2 Å². The first-order chi connectivity index (χ1) is 16.1. The van der Waals surface area contributed by atoms with E-state index in [-0.39, 0.29) is 13.2 Å². The van der Waals surface area contributed by atoms with Crippen LogP contribution in [0.1, 0.15) is 24.0 Å². The number of fused-ring (bicyclic) bond motifs is 1. The molecule has 6 heteroatoms. The van der Waals surface area contributed by atoms with Crippen LogP contribution in [0.5, 0.6) is 17.2 Å². The van der Waals surface area contributed by atoms with Crippen molar-refractivity contribution in [2.24, 2.45) is 5.73 Å². The van der Waals surface area contributed by atoms with Crippen LogP contribution in [0.4, 0.5) is 0 Å². The van der Waals surface area contributed by atoms with E-state index < -0.39 is 5.54 Å². The lowest BCUT2D eigenvalue weighted by atomic mass is 9.94. The Morgan fingerprint density at radius 1 is 0.848 bits per heavy atom. The van der Waals surface area contributed by atoms with Gasteiger partial charge in [-0.05, 0) is 71.5 Å². The average Bonchev–Trinajstić information content (AvgIpc) is 3.25. The van der Waals surface area contributed by atoms with E-state index in [0.717, 1.165) is 40.4 Å². The molecule has 0 radical (unpaired) electrons. The van der Waals surface area contributed by atoms with E-state index in [9.17, 15) is 10.2 Å². The predicted octanol–water partition coefficient (Wildman–Crippen LogP) is 5.28. The molecule has 1 heterocycles. The molecule has 33 heavy (non-hydrogen) atoms. The van der Waals surface area contributed by atoms with Gasteiger partial charge in [-0.15, -0.1) is 11.3 Å². The van der Waals surface area contributed by atoms with Crippen molar-refractivity contribution in [1.29, 1.82) is 0 Å². The second-order valence-electron chi connectivity index (χ2n) is 8.30. The van der Waals surface area contributed by atoms with Crippen molar-refractivity contribution in [1.82, 2.24) is 0 Å². The number of ether oxygens (including phenoxy) is 2.